The summed E-state index contributed by atoms with van der Waals surface area (Å²) in [6.07, 6.45) is 6.13. The zero-order chi connectivity index (χ0) is 25.0. The molecule has 4 heterocycles. The summed E-state index contributed by atoms with van der Waals surface area (Å²) >= 11 is 0. The van der Waals surface area contributed by atoms with Gasteiger partial charge in [-0.2, -0.15) is 5.10 Å². The Labute approximate surface area is 210 Å². The smallest absolute Gasteiger partial charge is 0.165 e. The molecule has 2 aliphatic rings. The number of nitrogens with zero attached hydrogens (tertiary/aromatic N) is 6. The third-order valence-corrected chi connectivity index (χ3v) is 7.04. The summed E-state index contributed by atoms with van der Waals surface area (Å²) in [7, 11) is 0. The Balaban J connectivity index is 1.50. The van der Waals surface area contributed by atoms with Crippen LogP contribution in [0.4, 0.5) is 5.82 Å². The molecule has 6 rings (SSSR count). The van der Waals surface area contributed by atoms with Gasteiger partial charge in [0.1, 0.15) is 11.6 Å². The maximum absolute atomic E-state index is 10.2. The number of benzene rings is 1. The first-order chi connectivity index (χ1) is 17.3. The van der Waals surface area contributed by atoms with Crippen molar-refractivity contribution in [1.82, 2.24) is 24.9 Å². The van der Waals surface area contributed by atoms with E-state index in [1.165, 1.54) is 12.8 Å². The van der Waals surface area contributed by atoms with Crippen LogP contribution in [0.15, 0.2) is 35.1 Å². The van der Waals surface area contributed by atoms with Crippen LogP contribution < -0.4 is 4.90 Å². The minimum absolute atomic E-state index is 0.310. The van der Waals surface area contributed by atoms with Crippen molar-refractivity contribution in [1.29, 1.82) is 0 Å². The van der Waals surface area contributed by atoms with Crippen molar-refractivity contribution in [3.63, 3.8) is 0 Å². The highest BCUT2D eigenvalue weighted by molar-refractivity contribution is 5.94. The molecule has 3 aromatic heterocycles. The van der Waals surface area contributed by atoms with Gasteiger partial charge in [-0.1, -0.05) is 11.2 Å². The minimum Gasteiger partial charge on any atom is -0.389 e. The van der Waals surface area contributed by atoms with Crippen LogP contribution in [-0.4, -0.2) is 61.4 Å². The lowest BCUT2D eigenvalue weighted by molar-refractivity contribution is 0.0577. The molecule has 9 nitrogen and oxygen atoms in total. The number of aryl methyl sites for hydroxylation is 2. The van der Waals surface area contributed by atoms with Gasteiger partial charge >= 0.3 is 0 Å². The Bertz CT molecular complexity index is 1400. The molecule has 0 radical (unpaired) electrons. The van der Waals surface area contributed by atoms with Crippen molar-refractivity contribution in [3.8, 4) is 22.5 Å². The number of fused-ring (bicyclic) bond motifs is 1. The molecule has 9 heteroatoms. The normalized spacial score (nSPS) is 18.8. The molecule has 188 valence electrons. The van der Waals surface area contributed by atoms with Gasteiger partial charge in [0.05, 0.1) is 54.4 Å². The van der Waals surface area contributed by atoms with E-state index < -0.39 is 5.60 Å². The molecule has 0 spiro atoms. The first-order valence-corrected chi connectivity index (χ1v) is 12.6. The Morgan fingerprint density at radius 3 is 2.69 bits per heavy atom. The molecule has 2 fully saturated rings. The standard InChI is InChI=1S/C27H32N6O3/c1-16-24(17(2)36-31-16)19-7-8-22-21(11-19)26(33-9-10-35-14-23(33)18-5-6-18)30-25(29-22)20-12-28-32(13-20)15-27(3,4)34/h7-8,11-13,18,23,34H,5-6,9-10,14-15H2,1-4H3/t23-/m1/s1. The predicted octanol–water partition coefficient (Wildman–Crippen LogP) is 4.15. The van der Waals surface area contributed by atoms with E-state index in [2.05, 4.69) is 33.4 Å². The van der Waals surface area contributed by atoms with Crippen molar-refractivity contribution < 1.29 is 14.4 Å². The molecule has 1 atom stereocenters. The summed E-state index contributed by atoms with van der Waals surface area (Å²) in [5.41, 5.74) is 3.77. The van der Waals surface area contributed by atoms with Gasteiger partial charge in [0.2, 0.25) is 0 Å². The molecule has 0 unspecified atom stereocenters. The predicted molar refractivity (Wildman–Crippen MR) is 137 cm³/mol. The lowest BCUT2D eigenvalue weighted by Gasteiger charge is -2.37. The van der Waals surface area contributed by atoms with Crippen LogP contribution in [0.5, 0.6) is 0 Å². The Morgan fingerprint density at radius 1 is 1.14 bits per heavy atom. The second kappa shape index (κ2) is 8.67. The highest BCUT2D eigenvalue weighted by Gasteiger charge is 2.38. The lowest BCUT2D eigenvalue weighted by Crippen LogP contribution is -2.47. The number of aliphatic hydroxyl groups is 1. The van der Waals surface area contributed by atoms with Crippen molar-refractivity contribution in [2.75, 3.05) is 24.7 Å². The molecule has 0 bridgehead atoms. The maximum Gasteiger partial charge on any atom is 0.165 e. The first-order valence-electron chi connectivity index (χ1n) is 12.6. The second-order valence-corrected chi connectivity index (χ2v) is 10.7. The highest BCUT2D eigenvalue weighted by atomic mass is 16.5. The van der Waals surface area contributed by atoms with Gasteiger partial charge in [0, 0.05) is 23.7 Å². The van der Waals surface area contributed by atoms with E-state index in [0.717, 1.165) is 58.0 Å². The van der Waals surface area contributed by atoms with E-state index in [-0.39, 0.29) is 0 Å². The van der Waals surface area contributed by atoms with Gasteiger partial charge in [0.25, 0.3) is 0 Å². The van der Waals surface area contributed by atoms with Crippen LogP contribution in [0.3, 0.4) is 0 Å². The molecule has 36 heavy (non-hydrogen) atoms. The van der Waals surface area contributed by atoms with Gasteiger partial charge in [-0.25, -0.2) is 9.97 Å². The van der Waals surface area contributed by atoms with Crippen LogP contribution >= 0.6 is 0 Å². The summed E-state index contributed by atoms with van der Waals surface area (Å²) in [5.74, 6) is 3.00. The fourth-order valence-corrected chi connectivity index (χ4v) is 5.23. The van der Waals surface area contributed by atoms with Crippen LogP contribution in [0.1, 0.15) is 38.1 Å². The zero-order valence-corrected chi connectivity index (χ0v) is 21.2. The first kappa shape index (κ1) is 23.1. The number of morpholine rings is 1. The van der Waals surface area contributed by atoms with Crippen molar-refractivity contribution in [2.45, 2.75) is 58.7 Å². The average Bonchev–Trinajstić information content (AvgIpc) is 3.51. The third kappa shape index (κ3) is 4.37. The van der Waals surface area contributed by atoms with E-state index in [9.17, 15) is 5.11 Å². The molecule has 1 aromatic carbocycles. The Kier molecular flexibility index (Phi) is 5.57. The SMILES string of the molecule is Cc1noc(C)c1-c1ccc2nc(-c3cnn(CC(C)(C)O)c3)nc(N3CCOC[C@@H]3C3CC3)c2c1. The van der Waals surface area contributed by atoms with Gasteiger partial charge in [-0.15, -0.1) is 0 Å². The Morgan fingerprint density at radius 2 is 1.97 bits per heavy atom. The van der Waals surface area contributed by atoms with E-state index in [1.54, 1.807) is 24.7 Å². The summed E-state index contributed by atoms with van der Waals surface area (Å²) < 4.78 is 13.1. The summed E-state index contributed by atoms with van der Waals surface area (Å²) in [6.45, 7) is 10.0. The van der Waals surface area contributed by atoms with Crippen LogP contribution in [0, 0.1) is 19.8 Å². The van der Waals surface area contributed by atoms with Crippen molar-refractivity contribution in [3.05, 3.63) is 42.0 Å². The number of aromatic nitrogens is 5. The molecule has 0 amide bonds. The Hall–Kier alpha value is -3.30. The fraction of sp³-hybridized carbons (Fsp3) is 0.481. The zero-order valence-electron chi connectivity index (χ0n) is 21.2. The number of ether oxygens (including phenoxy) is 1. The third-order valence-electron chi connectivity index (χ3n) is 7.04. The van der Waals surface area contributed by atoms with Crippen molar-refractivity contribution in [2.24, 2.45) is 5.92 Å². The lowest BCUT2D eigenvalue weighted by atomic mass is 10.0. The maximum atomic E-state index is 10.2. The number of hydrogen-bond acceptors (Lipinski definition) is 8. The molecule has 1 saturated heterocycles. The van der Waals surface area contributed by atoms with Gasteiger partial charge < -0.3 is 19.3 Å². The summed E-state index contributed by atoms with van der Waals surface area (Å²) in [5, 5.41) is 19.8. The van der Waals surface area contributed by atoms with Crippen molar-refractivity contribution >= 4 is 16.7 Å². The number of rotatable bonds is 6. The number of anilines is 1. The quantitative estimate of drug-likeness (QED) is 0.432. The molecule has 1 aliphatic carbocycles. The van der Waals surface area contributed by atoms with Crippen LogP contribution in [-0.2, 0) is 11.3 Å². The largest absolute Gasteiger partial charge is 0.389 e. The monoisotopic (exact) mass is 488 g/mol. The van der Waals surface area contributed by atoms with Crippen LogP contribution in [0.2, 0.25) is 0 Å². The molecule has 1 N–H and O–H groups in total. The highest BCUT2D eigenvalue weighted by Crippen LogP contribution is 2.41. The summed E-state index contributed by atoms with van der Waals surface area (Å²) in [6, 6.07) is 6.60. The number of hydrogen-bond donors (Lipinski definition) is 1. The summed E-state index contributed by atoms with van der Waals surface area (Å²) in [4.78, 5) is 12.5. The topological polar surface area (TPSA) is 102 Å². The molecule has 4 aromatic rings. The molecule has 1 saturated carbocycles. The fourth-order valence-electron chi connectivity index (χ4n) is 5.23. The molecular weight excluding hydrogens is 456 g/mol. The van der Waals surface area contributed by atoms with Crippen LogP contribution in [0.25, 0.3) is 33.4 Å². The van der Waals surface area contributed by atoms with E-state index in [4.69, 9.17) is 19.2 Å². The molecule has 1 aliphatic heterocycles. The van der Waals surface area contributed by atoms with E-state index in [0.29, 0.717) is 30.9 Å². The van der Waals surface area contributed by atoms with Gasteiger partial charge in [0.15, 0.2) is 5.82 Å². The van der Waals surface area contributed by atoms with Gasteiger partial charge in [-0.05, 0) is 64.2 Å². The second-order valence-electron chi connectivity index (χ2n) is 10.7. The van der Waals surface area contributed by atoms with E-state index >= 15 is 0 Å². The minimum atomic E-state index is -0.863. The van der Waals surface area contributed by atoms with Gasteiger partial charge in [-0.3, -0.25) is 4.68 Å². The average molecular weight is 489 g/mol. The van der Waals surface area contributed by atoms with E-state index in [1.807, 2.05) is 20.0 Å². The molecular formula is C27H32N6O3.